The number of H-pyrrole nitrogens is 3. The van der Waals surface area contributed by atoms with Crippen molar-refractivity contribution in [2.75, 3.05) is 61.1 Å². The summed E-state index contributed by atoms with van der Waals surface area (Å²) in [6.07, 6.45) is 23.0. The van der Waals surface area contributed by atoms with Crippen LogP contribution in [0.15, 0.2) is 147 Å². The molecule has 25 nitrogen and oxygen atoms in total. The first-order chi connectivity index (χ1) is 51.5. The molecule has 6 atom stereocenters. The Bertz CT molecular complexity index is 5020. The van der Waals surface area contributed by atoms with Gasteiger partial charge in [0.05, 0.1) is 47.5 Å². The van der Waals surface area contributed by atoms with Gasteiger partial charge in [-0.15, -0.1) is 0 Å². The zero-order chi connectivity index (χ0) is 72.5. The maximum Gasteiger partial charge on any atom is 0.161 e. The summed E-state index contributed by atoms with van der Waals surface area (Å²) < 4.78 is 5.33. The van der Waals surface area contributed by atoms with E-state index in [2.05, 4.69) is 170 Å². The second kappa shape index (κ2) is 30.1. The van der Waals surface area contributed by atoms with Crippen LogP contribution in [0, 0.1) is 55.4 Å². The van der Waals surface area contributed by atoms with Crippen LogP contribution in [0.5, 0.6) is 5.75 Å². The molecular weight excluding hydrogens is 1330 g/mol. The third kappa shape index (κ3) is 15.8. The van der Waals surface area contributed by atoms with Crippen molar-refractivity contribution in [1.29, 1.82) is 0 Å². The molecule has 6 bridgehead atoms. The summed E-state index contributed by atoms with van der Waals surface area (Å²) in [6, 6.07) is 34.6. The number of hydrogen-bond donors (Lipinski definition) is 3. The number of aryl methyl sites for hydroxylation is 8. The molecule has 21 rings (SSSR count). The summed E-state index contributed by atoms with van der Waals surface area (Å²) in [5, 5.41) is 22.0. The van der Waals surface area contributed by atoms with E-state index < -0.39 is 0 Å². The molecule has 540 valence electrons. The van der Waals surface area contributed by atoms with E-state index in [1.807, 2.05) is 115 Å². The van der Waals surface area contributed by atoms with Gasteiger partial charge in [-0.3, -0.25) is 44.9 Å². The maximum absolute atomic E-state index is 5.33. The number of pyridine rings is 6. The molecule has 0 radical (unpaired) electrons. The number of nitrogens with zero attached hydrogens (tertiary/aromatic N) is 21. The minimum atomic E-state index is 0.532. The van der Waals surface area contributed by atoms with Crippen LogP contribution in [0.25, 0.3) is 34.2 Å². The van der Waals surface area contributed by atoms with Gasteiger partial charge in [0.15, 0.2) is 17.5 Å². The van der Waals surface area contributed by atoms with Crippen molar-refractivity contribution in [3.8, 4) is 39.9 Å². The number of fused-ring (bicyclic) bond motifs is 6. The van der Waals surface area contributed by atoms with Gasteiger partial charge in [0, 0.05) is 215 Å². The fourth-order valence-corrected chi connectivity index (χ4v) is 16.0. The first kappa shape index (κ1) is 69.2. The van der Waals surface area contributed by atoms with E-state index >= 15 is 0 Å². The van der Waals surface area contributed by atoms with Crippen molar-refractivity contribution >= 4 is 17.5 Å². The Morgan fingerprint density at radius 3 is 1.11 bits per heavy atom. The maximum atomic E-state index is 5.33. The molecule has 0 saturated carbocycles. The molecular formula is C81H90N24O. The number of methoxy groups -OCH3 is 1. The normalized spacial score (nSPS) is 19.5. The van der Waals surface area contributed by atoms with E-state index in [0.717, 1.165) is 167 Å². The molecule has 9 aliphatic rings. The molecule has 0 aromatic carbocycles. The SMILES string of the molecule is COc1cncc(CN2C3CC2CN(c2ccc(-c4nc(C)cc(Cc5cc(C)[nH]n5)n4)cn2)C3)c1.Cc1cc(Cc2cc(C)[nH]n2)nc(-c2ccc(N3CC4CC(C3)N4Cc3cnccc3C)nc2)n1.Cc1cncc(CN2C3CC2CN(c2ccc(-c4nc(C)cc(Cc5cc(C)[nH]n5)n4)cn2)C3)c1. The molecule has 9 saturated heterocycles. The number of anilines is 3. The molecule has 9 aliphatic heterocycles. The van der Waals surface area contributed by atoms with E-state index in [4.69, 9.17) is 34.6 Å². The van der Waals surface area contributed by atoms with Gasteiger partial charge in [0.2, 0.25) is 0 Å². The minimum Gasteiger partial charge on any atom is -0.495 e. The van der Waals surface area contributed by atoms with Crippen molar-refractivity contribution in [2.45, 2.75) is 150 Å². The monoisotopic (exact) mass is 1410 g/mol. The summed E-state index contributed by atoms with van der Waals surface area (Å²) in [7, 11) is 1.68. The van der Waals surface area contributed by atoms with Crippen LogP contribution in [-0.2, 0) is 38.9 Å². The highest BCUT2D eigenvalue weighted by Crippen LogP contribution is 2.39. The molecule has 0 spiro atoms. The van der Waals surface area contributed by atoms with Gasteiger partial charge in [-0.05, 0) is 187 Å². The highest BCUT2D eigenvalue weighted by Gasteiger charge is 2.47. The summed E-state index contributed by atoms with van der Waals surface area (Å²) >= 11 is 0. The number of nitrogens with one attached hydrogen (secondary N) is 3. The molecule has 0 aliphatic carbocycles. The molecule has 6 unspecified atom stereocenters. The molecule has 21 heterocycles. The fourth-order valence-electron chi connectivity index (χ4n) is 16.0. The zero-order valence-electron chi connectivity index (χ0n) is 61.7. The number of ether oxygens (including phenoxy) is 1. The Labute approximate surface area is 617 Å². The fraction of sp³-hybridized carbons (Fsp3) is 0.370. The van der Waals surface area contributed by atoms with E-state index in [-0.39, 0.29) is 0 Å². The Morgan fingerprint density at radius 1 is 0.377 bits per heavy atom. The first-order valence-electron chi connectivity index (χ1n) is 36.8. The van der Waals surface area contributed by atoms with E-state index in [9.17, 15) is 0 Å². The predicted molar refractivity (Wildman–Crippen MR) is 407 cm³/mol. The lowest BCUT2D eigenvalue weighted by Gasteiger charge is -2.56. The number of rotatable bonds is 19. The third-order valence-electron chi connectivity index (χ3n) is 21.3. The predicted octanol–water partition coefficient (Wildman–Crippen LogP) is 10.6. The van der Waals surface area contributed by atoms with Crippen LogP contribution in [0.2, 0.25) is 0 Å². The van der Waals surface area contributed by atoms with Gasteiger partial charge in [0.25, 0.3) is 0 Å². The van der Waals surface area contributed by atoms with Gasteiger partial charge in [-0.2, -0.15) is 15.3 Å². The zero-order valence-corrected chi connectivity index (χ0v) is 61.7. The van der Waals surface area contributed by atoms with E-state index in [1.54, 1.807) is 13.3 Å². The highest BCUT2D eigenvalue weighted by molar-refractivity contribution is 5.60. The summed E-state index contributed by atoms with van der Waals surface area (Å²) in [6.45, 7) is 25.2. The molecule has 25 heteroatoms. The van der Waals surface area contributed by atoms with Crippen LogP contribution in [0.3, 0.4) is 0 Å². The highest BCUT2D eigenvalue weighted by atomic mass is 16.5. The quantitative estimate of drug-likeness (QED) is 0.0679. The van der Waals surface area contributed by atoms with Gasteiger partial charge >= 0.3 is 0 Å². The Kier molecular flexibility index (Phi) is 19.7. The molecule has 12 aromatic rings. The smallest absolute Gasteiger partial charge is 0.161 e. The van der Waals surface area contributed by atoms with Crippen LogP contribution in [-0.4, -0.2) is 188 Å². The summed E-state index contributed by atoms with van der Waals surface area (Å²) in [5.41, 5.74) is 21.0. The summed E-state index contributed by atoms with van der Waals surface area (Å²) in [5.74, 6) is 6.01. The van der Waals surface area contributed by atoms with Crippen molar-refractivity contribution in [1.82, 2.24) is 105 Å². The molecule has 106 heavy (non-hydrogen) atoms. The van der Waals surface area contributed by atoms with Gasteiger partial charge in [-0.25, -0.2) is 44.9 Å². The number of piperazine rings is 3. The van der Waals surface area contributed by atoms with Crippen molar-refractivity contribution in [3.05, 3.63) is 243 Å². The molecule has 0 amide bonds. The summed E-state index contributed by atoms with van der Waals surface area (Å²) in [4.78, 5) is 70.8. The minimum absolute atomic E-state index is 0.532. The van der Waals surface area contributed by atoms with E-state index in [1.165, 1.54) is 47.1 Å². The van der Waals surface area contributed by atoms with Crippen LogP contribution in [0.1, 0.15) is 115 Å². The van der Waals surface area contributed by atoms with Gasteiger partial charge in [0.1, 0.15) is 23.2 Å². The number of piperidine rings is 3. The first-order valence-corrected chi connectivity index (χ1v) is 36.8. The average Bonchev–Trinajstić information content (AvgIpc) is 0.908. The standard InChI is InChI=1S/C27H30N8O.2C27H30N8/c1-17-6-21(9-22-7-18(2)32-33-22)31-27(30-17)20-4-5-26(29-12-20)34-15-23-10-24(16-34)35(23)14-19-8-25(36-3)13-28-11-19;1-17-6-20(12-28-11-17)14-35-24-10-25(35)16-34(15-24)26-5-4-21(13-29-26)27-30-18(2)7-22(31-27)9-23-8-19(3)32-33-23;1-17-6-7-28-12-21(17)14-35-24-11-25(35)16-34(15-24)26-5-4-20(13-29-26)27-30-18(2)8-22(31-27)10-23-9-19(3)32-33-23/h4-8,11-13,23-24H,9-10,14-16H2,1-3H3,(H,32,33);4-8,11-13,24-25H,9-10,14-16H2,1-3H3,(H,32,33);4-9,12-13,24-25H,10-11,14-16H2,1-3H3,(H,32,33). The van der Waals surface area contributed by atoms with Crippen molar-refractivity contribution in [2.24, 2.45) is 0 Å². The Morgan fingerprint density at radius 2 is 0.764 bits per heavy atom. The Balaban J connectivity index is 0.000000122. The van der Waals surface area contributed by atoms with Crippen LogP contribution < -0.4 is 19.4 Å². The number of hydrogen-bond acceptors (Lipinski definition) is 22. The molecule has 12 aromatic heterocycles. The number of aromatic nitrogens is 18. The van der Waals surface area contributed by atoms with Crippen LogP contribution >= 0.6 is 0 Å². The second-order valence-corrected chi connectivity index (χ2v) is 29.6. The lowest BCUT2D eigenvalue weighted by molar-refractivity contribution is -0.00890. The van der Waals surface area contributed by atoms with Crippen molar-refractivity contribution in [3.63, 3.8) is 0 Å². The van der Waals surface area contributed by atoms with E-state index in [0.29, 0.717) is 73.0 Å². The molecule has 3 N–H and O–H groups in total. The second-order valence-electron chi connectivity index (χ2n) is 29.6. The third-order valence-corrected chi connectivity index (χ3v) is 21.3. The van der Waals surface area contributed by atoms with Gasteiger partial charge in [-0.1, -0.05) is 6.07 Å². The van der Waals surface area contributed by atoms with Gasteiger partial charge < -0.3 is 19.4 Å². The van der Waals surface area contributed by atoms with Crippen molar-refractivity contribution < 1.29 is 4.74 Å². The lowest BCUT2D eigenvalue weighted by Crippen LogP contribution is -2.68. The topological polar surface area (TPSA) is 269 Å². The largest absolute Gasteiger partial charge is 0.495 e. The molecule has 9 fully saturated rings. The average molecular weight is 1420 g/mol. The number of aromatic amines is 3. The van der Waals surface area contributed by atoms with Crippen LogP contribution in [0.4, 0.5) is 17.5 Å². The lowest BCUT2D eigenvalue weighted by atomic mass is 9.86. The Hall–Kier alpha value is -11.2.